The summed E-state index contributed by atoms with van der Waals surface area (Å²) in [6, 6.07) is 2.11. The van der Waals surface area contributed by atoms with E-state index in [0.717, 1.165) is 16.1 Å². The molecule has 0 saturated carbocycles. The second-order valence-corrected chi connectivity index (χ2v) is 5.99. The lowest BCUT2D eigenvalue weighted by Gasteiger charge is -2.15. The molecule has 6 heteroatoms. The van der Waals surface area contributed by atoms with E-state index >= 15 is 0 Å². The zero-order chi connectivity index (χ0) is 11.7. The average Bonchev–Trinajstić information content (AvgIpc) is 2.73. The fourth-order valence-electron chi connectivity index (χ4n) is 1.57. The summed E-state index contributed by atoms with van der Waals surface area (Å²) in [4.78, 5) is 2.05. The van der Waals surface area contributed by atoms with E-state index in [9.17, 15) is 0 Å². The van der Waals surface area contributed by atoms with Crippen molar-refractivity contribution in [3.8, 4) is 0 Å². The summed E-state index contributed by atoms with van der Waals surface area (Å²) in [6.07, 6.45) is 1.81. The Balaban J connectivity index is 2.14. The molecule has 0 bridgehead atoms. The Bertz CT molecular complexity index is 491. The number of aryl methyl sites for hydroxylation is 1. The molecular weight excluding hydrogens is 288 g/mol. The van der Waals surface area contributed by atoms with Crippen molar-refractivity contribution in [1.29, 1.82) is 0 Å². The van der Waals surface area contributed by atoms with Crippen molar-refractivity contribution < 1.29 is 0 Å². The maximum absolute atomic E-state index is 5.87. The molecule has 2 rings (SSSR count). The molecule has 0 aliphatic carbocycles. The summed E-state index contributed by atoms with van der Waals surface area (Å²) in [5.74, 6) is 0.824. The number of thiophene rings is 1. The SMILES string of the molecule is CN(Cc1csc(Br)c1)c1nn(C)cc1N. The highest BCUT2D eigenvalue weighted by Gasteiger charge is 2.10. The summed E-state index contributed by atoms with van der Waals surface area (Å²) in [5.41, 5.74) is 7.83. The van der Waals surface area contributed by atoms with E-state index in [4.69, 9.17) is 5.73 Å². The van der Waals surface area contributed by atoms with Crippen LogP contribution in [0.2, 0.25) is 0 Å². The summed E-state index contributed by atoms with van der Waals surface area (Å²) in [5, 5.41) is 6.45. The molecule has 0 spiro atoms. The number of hydrogen-bond acceptors (Lipinski definition) is 4. The van der Waals surface area contributed by atoms with Gasteiger partial charge in [0.25, 0.3) is 0 Å². The van der Waals surface area contributed by atoms with Crippen LogP contribution in [0.3, 0.4) is 0 Å². The van der Waals surface area contributed by atoms with Gasteiger partial charge in [-0.3, -0.25) is 4.68 Å². The lowest BCUT2D eigenvalue weighted by Crippen LogP contribution is -2.17. The molecular formula is C10H13BrN4S. The largest absolute Gasteiger partial charge is 0.394 e. The van der Waals surface area contributed by atoms with Crippen molar-refractivity contribution in [2.45, 2.75) is 6.54 Å². The summed E-state index contributed by atoms with van der Waals surface area (Å²) < 4.78 is 2.87. The van der Waals surface area contributed by atoms with E-state index in [0.29, 0.717) is 5.69 Å². The lowest BCUT2D eigenvalue weighted by atomic mass is 10.3. The van der Waals surface area contributed by atoms with E-state index in [1.807, 2.05) is 25.2 Å². The summed E-state index contributed by atoms with van der Waals surface area (Å²) in [6.45, 7) is 0.809. The van der Waals surface area contributed by atoms with Crippen molar-refractivity contribution >= 4 is 38.8 Å². The molecule has 0 amide bonds. The maximum Gasteiger partial charge on any atom is 0.173 e. The second kappa shape index (κ2) is 4.47. The zero-order valence-electron chi connectivity index (χ0n) is 9.14. The van der Waals surface area contributed by atoms with Gasteiger partial charge in [-0.15, -0.1) is 11.3 Å². The Morgan fingerprint density at radius 2 is 2.38 bits per heavy atom. The first-order valence-electron chi connectivity index (χ1n) is 4.79. The Hall–Kier alpha value is -1.01. The number of nitrogen functional groups attached to an aromatic ring is 1. The van der Waals surface area contributed by atoms with Crippen LogP contribution in [0.5, 0.6) is 0 Å². The molecule has 0 aliphatic heterocycles. The van der Waals surface area contributed by atoms with E-state index < -0.39 is 0 Å². The third kappa shape index (κ3) is 2.38. The monoisotopic (exact) mass is 300 g/mol. The second-order valence-electron chi connectivity index (χ2n) is 3.70. The Morgan fingerprint density at radius 3 is 2.88 bits per heavy atom. The van der Waals surface area contributed by atoms with Crippen molar-refractivity contribution in [2.24, 2.45) is 7.05 Å². The van der Waals surface area contributed by atoms with E-state index in [2.05, 4.69) is 32.5 Å². The van der Waals surface area contributed by atoms with E-state index in [1.54, 1.807) is 16.0 Å². The first-order valence-corrected chi connectivity index (χ1v) is 6.46. The van der Waals surface area contributed by atoms with Crippen LogP contribution in [-0.2, 0) is 13.6 Å². The number of hydrogen-bond donors (Lipinski definition) is 1. The van der Waals surface area contributed by atoms with Crippen LogP contribution < -0.4 is 10.6 Å². The lowest BCUT2D eigenvalue weighted by molar-refractivity contribution is 0.752. The van der Waals surface area contributed by atoms with E-state index in [1.165, 1.54) is 5.56 Å². The Kier molecular flexibility index (Phi) is 3.20. The third-order valence-corrected chi connectivity index (χ3v) is 3.79. The molecule has 2 N–H and O–H groups in total. The Morgan fingerprint density at radius 1 is 1.62 bits per heavy atom. The molecule has 86 valence electrons. The number of aromatic nitrogens is 2. The van der Waals surface area contributed by atoms with Crippen LogP contribution in [0.4, 0.5) is 11.5 Å². The fourth-order valence-corrected chi connectivity index (χ4v) is 2.77. The quantitative estimate of drug-likeness (QED) is 0.947. The molecule has 4 nitrogen and oxygen atoms in total. The van der Waals surface area contributed by atoms with Crippen molar-refractivity contribution in [2.75, 3.05) is 17.7 Å². The van der Waals surface area contributed by atoms with Crippen LogP contribution in [0, 0.1) is 0 Å². The molecule has 0 atom stereocenters. The fraction of sp³-hybridized carbons (Fsp3) is 0.300. The van der Waals surface area contributed by atoms with Gasteiger partial charge in [-0.25, -0.2) is 0 Å². The van der Waals surface area contributed by atoms with Crippen molar-refractivity contribution in [1.82, 2.24) is 9.78 Å². The molecule has 0 radical (unpaired) electrons. The molecule has 2 aromatic heterocycles. The normalized spacial score (nSPS) is 10.7. The molecule has 0 fully saturated rings. The van der Waals surface area contributed by atoms with Gasteiger partial charge in [0.2, 0.25) is 0 Å². The summed E-state index contributed by atoms with van der Waals surface area (Å²) in [7, 11) is 3.86. The first kappa shape index (κ1) is 11.5. The predicted octanol–water partition coefficient (Wildman–Crippen LogP) is 2.46. The highest BCUT2D eigenvalue weighted by molar-refractivity contribution is 9.11. The summed E-state index contributed by atoms with van der Waals surface area (Å²) >= 11 is 5.14. The van der Waals surface area contributed by atoms with Gasteiger partial charge in [-0.05, 0) is 32.9 Å². The van der Waals surface area contributed by atoms with Crippen LogP contribution in [0.25, 0.3) is 0 Å². The molecule has 2 aromatic rings. The number of rotatable bonds is 3. The minimum absolute atomic E-state index is 0.708. The van der Waals surface area contributed by atoms with Gasteiger partial charge in [0.05, 0.1) is 9.47 Å². The van der Waals surface area contributed by atoms with Gasteiger partial charge in [0.1, 0.15) is 0 Å². The van der Waals surface area contributed by atoms with Gasteiger partial charge in [0, 0.05) is 26.8 Å². The zero-order valence-corrected chi connectivity index (χ0v) is 11.5. The van der Waals surface area contributed by atoms with E-state index in [-0.39, 0.29) is 0 Å². The molecule has 16 heavy (non-hydrogen) atoms. The highest BCUT2D eigenvalue weighted by Crippen LogP contribution is 2.24. The topological polar surface area (TPSA) is 47.1 Å². The van der Waals surface area contributed by atoms with Gasteiger partial charge in [-0.1, -0.05) is 0 Å². The Labute approximate surface area is 107 Å². The first-order chi connectivity index (χ1) is 7.56. The van der Waals surface area contributed by atoms with Gasteiger partial charge < -0.3 is 10.6 Å². The minimum Gasteiger partial charge on any atom is -0.394 e. The van der Waals surface area contributed by atoms with Crippen LogP contribution >= 0.6 is 27.3 Å². The molecule has 0 aromatic carbocycles. The highest BCUT2D eigenvalue weighted by atomic mass is 79.9. The van der Waals surface area contributed by atoms with Crippen molar-refractivity contribution in [3.63, 3.8) is 0 Å². The molecule has 0 saturated heterocycles. The number of nitrogens with zero attached hydrogens (tertiary/aromatic N) is 3. The van der Waals surface area contributed by atoms with Crippen LogP contribution in [-0.4, -0.2) is 16.8 Å². The molecule has 0 unspecified atom stereocenters. The van der Waals surface area contributed by atoms with Gasteiger partial charge in [-0.2, -0.15) is 5.10 Å². The molecule has 0 aliphatic rings. The van der Waals surface area contributed by atoms with Crippen LogP contribution in [0.15, 0.2) is 21.4 Å². The average molecular weight is 301 g/mol. The van der Waals surface area contributed by atoms with Crippen molar-refractivity contribution in [3.05, 3.63) is 27.0 Å². The minimum atomic E-state index is 0.708. The van der Waals surface area contributed by atoms with Gasteiger partial charge >= 0.3 is 0 Å². The van der Waals surface area contributed by atoms with Crippen LogP contribution in [0.1, 0.15) is 5.56 Å². The third-order valence-electron chi connectivity index (χ3n) is 2.24. The number of halogens is 1. The van der Waals surface area contributed by atoms with Gasteiger partial charge in [0.15, 0.2) is 5.82 Å². The maximum atomic E-state index is 5.87. The standard InChI is InChI=1S/C10H13BrN4S/c1-14(4-7-3-9(11)16-6-7)10-8(12)5-15(2)13-10/h3,5-6H,4,12H2,1-2H3. The predicted molar refractivity (Wildman–Crippen MR) is 71.7 cm³/mol. The molecule has 2 heterocycles. The number of anilines is 2. The number of nitrogens with two attached hydrogens (primary N) is 1. The smallest absolute Gasteiger partial charge is 0.173 e.